The molecule has 0 heterocycles. The first-order valence-corrected chi connectivity index (χ1v) is 5.60. The number of hydrogen-bond acceptors (Lipinski definition) is 4. The lowest BCUT2D eigenvalue weighted by Gasteiger charge is -2.09. The summed E-state index contributed by atoms with van der Waals surface area (Å²) in [7, 11) is 0. The summed E-state index contributed by atoms with van der Waals surface area (Å²) in [5, 5.41) is 9.06. The fourth-order valence-electron chi connectivity index (χ4n) is 1.33. The lowest BCUT2D eigenvalue weighted by Crippen LogP contribution is -2.13. The zero-order chi connectivity index (χ0) is 13.0. The molecule has 1 N–H and O–H groups in total. The van der Waals surface area contributed by atoms with Crippen LogP contribution in [0, 0.1) is 0 Å². The fraction of sp³-hybridized carbons (Fsp3) is 0.333. The van der Waals surface area contributed by atoms with Crippen LogP contribution < -0.4 is 0 Å². The number of alkyl halides is 1. The highest BCUT2D eigenvalue weighted by Gasteiger charge is 2.21. The molecule has 1 atom stereocenters. The van der Waals surface area contributed by atoms with Gasteiger partial charge < -0.3 is 9.84 Å². The Hall–Kier alpha value is -1.55. The van der Waals surface area contributed by atoms with Crippen LogP contribution in [0.4, 0.5) is 0 Å². The number of rotatable bonds is 4. The zero-order valence-corrected chi connectivity index (χ0v) is 10.3. The predicted molar refractivity (Wildman–Crippen MR) is 63.7 cm³/mol. The average Bonchev–Trinajstić information content (AvgIpc) is 2.28. The van der Waals surface area contributed by atoms with Crippen molar-refractivity contribution in [1.29, 1.82) is 0 Å². The van der Waals surface area contributed by atoms with E-state index < -0.39 is 17.1 Å². The molecule has 0 bridgehead atoms. The van der Waals surface area contributed by atoms with Gasteiger partial charge in [-0.25, -0.2) is 4.79 Å². The Kier molecular flexibility index (Phi) is 4.52. The minimum atomic E-state index is -0.765. The molecular weight excluding hydrogens is 244 g/mol. The van der Waals surface area contributed by atoms with E-state index in [0.29, 0.717) is 0 Å². The third-order valence-corrected chi connectivity index (χ3v) is 2.36. The van der Waals surface area contributed by atoms with Crippen LogP contribution in [-0.2, 0) is 4.74 Å². The second kappa shape index (κ2) is 5.68. The Labute approximate surface area is 104 Å². The van der Waals surface area contributed by atoms with Crippen LogP contribution in [0.25, 0.3) is 0 Å². The summed E-state index contributed by atoms with van der Waals surface area (Å²) in [6.45, 7) is 3.35. The lowest BCUT2D eigenvalue weighted by molar-refractivity contribution is 0.0523. The summed E-state index contributed by atoms with van der Waals surface area (Å²) in [6.07, 6.45) is 0. The number of phenolic OH excluding ortho intramolecular Hbond substituents is 1. The molecule has 0 aliphatic rings. The molecule has 5 heteroatoms. The first-order valence-electron chi connectivity index (χ1n) is 5.16. The van der Waals surface area contributed by atoms with Gasteiger partial charge in [-0.05, 0) is 26.0 Å². The Balaban J connectivity index is 3.16. The molecule has 92 valence electrons. The van der Waals surface area contributed by atoms with Crippen molar-refractivity contribution >= 4 is 23.4 Å². The first kappa shape index (κ1) is 13.5. The molecule has 0 radical (unpaired) electrons. The minimum Gasteiger partial charge on any atom is -0.506 e. The number of ether oxygens (including phenoxy) is 1. The smallest absolute Gasteiger partial charge is 0.341 e. The number of benzene rings is 1. The number of carbonyl (C=O) groups is 2. The molecular formula is C12H13ClO4. The van der Waals surface area contributed by atoms with Gasteiger partial charge in [0.1, 0.15) is 11.3 Å². The maximum absolute atomic E-state index is 11.7. The van der Waals surface area contributed by atoms with Gasteiger partial charge in [-0.3, -0.25) is 4.79 Å². The van der Waals surface area contributed by atoms with Gasteiger partial charge in [-0.1, -0.05) is 6.07 Å². The highest BCUT2D eigenvalue weighted by molar-refractivity contribution is 6.34. The molecule has 0 saturated carbocycles. The van der Waals surface area contributed by atoms with E-state index in [9.17, 15) is 14.7 Å². The Morgan fingerprint density at radius 2 is 2.00 bits per heavy atom. The van der Waals surface area contributed by atoms with Crippen molar-refractivity contribution in [2.75, 3.05) is 6.61 Å². The Morgan fingerprint density at radius 1 is 1.41 bits per heavy atom. The SMILES string of the molecule is CCOC(=O)c1cccc(C(=O)C(C)Cl)c1O. The molecule has 0 aliphatic heterocycles. The van der Waals surface area contributed by atoms with E-state index in [2.05, 4.69) is 0 Å². The van der Waals surface area contributed by atoms with Gasteiger partial charge in [0, 0.05) is 0 Å². The fourth-order valence-corrected chi connectivity index (χ4v) is 1.45. The predicted octanol–water partition coefficient (Wildman–Crippen LogP) is 2.38. The normalized spacial score (nSPS) is 11.9. The summed E-state index contributed by atoms with van der Waals surface area (Å²) in [4.78, 5) is 23.1. The largest absolute Gasteiger partial charge is 0.506 e. The molecule has 1 aromatic rings. The number of carbonyl (C=O) groups excluding carboxylic acids is 2. The molecule has 0 saturated heterocycles. The number of ketones is 1. The van der Waals surface area contributed by atoms with Gasteiger partial charge in [0.05, 0.1) is 17.5 Å². The van der Waals surface area contributed by atoms with Crippen LogP contribution in [-0.4, -0.2) is 28.8 Å². The molecule has 0 aliphatic carbocycles. The topological polar surface area (TPSA) is 63.6 Å². The summed E-state index contributed by atoms with van der Waals surface area (Å²) < 4.78 is 4.76. The molecule has 4 nitrogen and oxygen atoms in total. The minimum absolute atomic E-state index is 0.0260. The van der Waals surface area contributed by atoms with E-state index in [1.54, 1.807) is 6.92 Å². The van der Waals surface area contributed by atoms with Crippen molar-refractivity contribution in [3.05, 3.63) is 29.3 Å². The first-order chi connectivity index (χ1) is 7.99. The van der Waals surface area contributed by atoms with Gasteiger partial charge >= 0.3 is 5.97 Å². The number of esters is 1. The molecule has 1 unspecified atom stereocenters. The number of aromatic hydroxyl groups is 1. The van der Waals surface area contributed by atoms with E-state index in [-0.39, 0.29) is 23.5 Å². The second-order valence-corrected chi connectivity index (χ2v) is 4.06. The van der Waals surface area contributed by atoms with Crippen molar-refractivity contribution in [3.63, 3.8) is 0 Å². The molecule has 0 fully saturated rings. The van der Waals surface area contributed by atoms with Crippen molar-refractivity contribution in [3.8, 4) is 5.75 Å². The Bertz CT molecular complexity index is 440. The second-order valence-electron chi connectivity index (χ2n) is 3.40. The molecule has 0 aromatic heterocycles. The lowest BCUT2D eigenvalue weighted by atomic mass is 10.0. The van der Waals surface area contributed by atoms with Gasteiger partial charge in [-0.2, -0.15) is 0 Å². The van der Waals surface area contributed by atoms with Gasteiger partial charge in [0.25, 0.3) is 0 Å². The molecule has 1 aromatic carbocycles. The number of Topliss-reactive ketones (excluding diaryl/α,β-unsaturated/α-hetero) is 1. The highest BCUT2D eigenvalue weighted by Crippen LogP contribution is 2.25. The number of phenols is 1. The summed E-state index contributed by atoms with van der Waals surface area (Å²) in [5.41, 5.74) is -0.00642. The van der Waals surface area contributed by atoms with E-state index in [0.717, 1.165) is 0 Å². The quantitative estimate of drug-likeness (QED) is 0.510. The van der Waals surface area contributed by atoms with Gasteiger partial charge in [0.15, 0.2) is 5.78 Å². The maximum Gasteiger partial charge on any atom is 0.341 e. The molecule has 0 spiro atoms. The monoisotopic (exact) mass is 256 g/mol. The van der Waals surface area contributed by atoms with Crippen molar-refractivity contribution in [2.45, 2.75) is 19.2 Å². The number of para-hydroxylation sites is 1. The number of hydrogen-bond donors (Lipinski definition) is 1. The molecule has 1 rings (SSSR count). The Morgan fingerprint density at radius 3 is 2.53 bits per heavy atom. The average molecular weight is 257 g/mol. The van der Waals surface area contributed by atoms with E-state index >= 15 is 0 Å². The van der Waals surface area contributed by atoms with Crippen molar-refractivity contribution in [2.24, 2.45) is 0 Å². The van der Waals surface area contributed by atoms with Crippen LogP contribution in [0.1, 0.15) is 34.6 Å². The molecule has 17 heavy (non-hydrogen) atoms. The van der Waals surface area contributed by atoms with Crippen LogP contribution in [0.2, 0.25) is 0 Å². The van der Waals surface area contributed by atoms with Crippen LogP contribution >= 0.6 is 11.6 Å². The van der Waals surface area contributed by atoms with Crippen molar-refractivity contribution in [1.82, 2.24) is 0 Å². The maximum atomic E-state index is 11.7. The van der Waals surface area contributed by atoms with E-state index in [4.69, 9.17) is 16.3 Å². The zero-order valence-electron chi connectivity index (χ0n) is 9.57. The molecule has 0 amide bonds. The van der Waals surface area contributed by atoms with Gasteiger partial charge in [-0.15, -0.1) is 11.6 Å². The van der Waals surface area contributed by atoms with E-state index in [1.165, 1.54) is 25.1 Å². The van der Waals surface area contributed by atoms with E-state index in [1.807, 2.05) is 0 Å². The third-order valence-electron chi connectivity index (χ3n) is 2.16. The third kappa shape index (κ3) is 2.97. The summed E-state index contributed by atoms with van der Waals surface area (Å²) in [5.74, 6) is -1.49. The highest BCUT2D eigenvalue weighted by atomic mass is 35.5. The summed E-state index contributed by atoms with van der Waals surface area (Å²) in [6, 6.07) is 4.31. The van der Waals surface area contributed by atoms with Crippen LogP contribution in [0.15, 0.2) is 18.2 Å². The summed E-state index contributed by atoms with van der Waals surface area (Å²) >= 11 is 5.65. The standard InChI is InChI=1S/C12H13ClO4/c1-3-17-12(16)9-6-4-5-8(11(9)15)10(14)7(2)13/h4-7,15H,3H2,1-2H3. The van der Waals surface area contributed by atoms with Crippen LogP contribution in [0.3, 0.4) is 0 Å². The number of halogens is 1. The van der Waals surface area contributed by atoms with Crippen molar-refractivity contribution < 1.29 is 19.4 Å². The van der Waals surface area contributed by atoms with Gasteiger partial charge in [0.2, 0.25) is 0 Å². The van der Waals surface area contributed by atoms with Crippen LogP contribution in [0.5, 0.6) is 5.75 Å².